The number of hydrogen-bond acceptors (Lipinski definition) is 1. The van der Waals surface area contributed by atoms with Crippen LogP contribution >= 0.6 is 0 Å². The molecule has 1 atom stereocenters. The fourth-order valence-electron chi connectivity index (χ4n) is 2.01. The van der Waals surface area contributed by atoms with E-state index in [-0.39, 0.29) is 6.04 Å². The number of rotatable bonds is 4. The number of hydrogen-bond donors (Lipinski definition) is 1. The predicted octanol–water partition coefficient (Wildman–Crippen LogP) is 2.73. The summed E-state index contributed by atoms with van der Waals surface area (Å²) in [7, 11) is 0. The van der Waals surface area contributed by atoms with Crippen LogP contribution in [-0.2, 0) is 13.0 Å². The minimum absolute atomic E-state index is 0.210. The highest BCUT2D eigenvalue weighted by Crippen LogP contribution is 2.10. The quantitative estimate of drug-likeness (QED) is 0.857. The lowest BCUT2D eigenvalue weighted by Crippen LogP contribution is -2.20. The molecule has 0 bridgehead atoms. The van der Waals surface area contributed by atoms with Crippen LogP contribution in [0.2, 0.25) is 0 Å². The van der Waals surface area contributed by atoms with Gasteiger partial charge in [-0.2, -0.15) is 0 Å². The summed E-state index contributed by atoms with van der Waals surface area (Å²) in [6, 6.07) is 13.1. The van der Waals surface area contributed by atoms with Crippen LogP contribution < -0.4 is 5.73 Å². The minimum atomic E-state index is 0.210. The highest BCUT2D eigenvalue weighted by atomic mass is 15.0. The molecule has 0 aliphatic carbocycles. The molecule has 0 amide bonds. The molecule has 1 heterocycles. The van der Waals surface area contributed by atoms with Gasteiger partial charge >= 0.3 is 0 Å². The van der Waals surface area contributed by atoms with Crippen LogP contribution in [0.25, 0.3) is 0 Å². The fourth-order valence-corrected chi connectivity index (χ4v) is 2.01. The van der Waals surface area contributed by atoms with Crippen molar-refractivity contribution in [1.82, 2.24) is 4.57 Å². The molecule has 90 valence electrons. The van der Waals surface area contributed by atoms with Gasteiger partial charge in [-0.3, -0.25) is 0 Å². The number of aryl methyl sites for hydroxylation is 1. The molecule has 1 aromatic carbocycles. The highest BCUT2D eigenvalue weighted by molar-refractivity contribution is 5.22. The van der Waals surface area contributed by atoms with Crippen LogP contribution in [0, 0.1) is 6.92 Å². The van der Waals surface area contributed by atoms with Gasteiger partial charge in [0, 0.05) is 30.9 Å². The molecule has 1 unspecified atom stereocenters. The first kappa shape index (κ1) is 11.9. The molecule has 2 nitrogen and oxygen atoms in total. The fraction of sp³-hybridized carbons (Fsp3) is 0.333. The van der Waals surface area contributed by atoms with E-state index in [1.807, 2.05) is 6.92 Å². The van der Waals surface area contributed by atoms with Crippen LogP contribution in [0.15, 0.2) is 42.6 Å². The third-order valence-electron chi connectivity index (χ3n) is 2.93. The van der Waals surface area contributed by atoms with E-state index in [4.69, 9.17) is 5.73 Å². The van der Waals surface area contributed by atoms with Gasteiger partial charge in [-0.1, -0.05) is 29.8 Å². The zero-order chi connectivity index (χ0) is 12.3. The molecular weight excluding hydrogens is 208 g/mol. The monoisotopic (exact) mass is 228 g/mol. The third-order valence-corrected chi connectivity index (χ3v) is 2.93. The average Bonchev–Trinajstić information content (AvgIpc) is 2.68. The summed E-state index contributed by atoms with van der Waals surface area (Å²) in [4.78, 5) is 0. The first-order chi connectivity index (χ1) is 8.15. The standard InChI is InChI=1S/C15H20N2/c1-12-5-7-14(8-6-12)11-17-9-3-4-15(17)10-13(2)16/h3-9,13H,10-11,16H2,1-2H3. The van der Waals surface area contributed by atoms with Crippen molar-refractivity contribution in [2.75, 3.05) is 0 Å². The Balaban J connectivity index is 2.13. The van der Waals surface area contributed by atoms with Gasteiger partial charge in [0.2, 0.25) is 0 Å². The van der Waals surface area contributed by atoms with Crippen molar-refractivity contribution in [3.63, 3.8) is 0 Å². The summed E-state index contributed by atoms with van der Waals surface area (Å²) in [6.45, 7) is 5.08. The maximum absolute atomic E-state index is 5.85. The van der Waals surface area contributed by atoms with E-state index < -0.39 is 0 Å². The highest BCUT2D eigenvalue weighted by Gasteiger charge is 2.04. The SMILES string of the molecule is Cc1ccc(Cn2cccc2CC(C)N)cc1. The Labute approximate surface area is 103 Å². The molecule has 0 saturated carbocycles. The van der Waals surface area contributed by atoms with Crippen LogP contribution in [0.3, 0.4) is 0 Å². The van der Waals surface area contributed by atoms with E-state index in [1.165, 1.54) is 16.8 Å². The largest absolute Gasteiger partial charge is 0.347 e. The van der Waals surface area contributed by atoms with Crippen molar-refractivity contribution in [2.45, 2.75) is 32.9 Å². The minimum Gasteiger partial charge on any atom is -0.347 e. The molecule has 2 rings (SSSR count). The van der Waals surface area contributed by atoms with Gasteiger partial charge in [0.25, 0.3) is 0 Å². The smallest absolute Gasteiger partial charge is 0.0472 e. The molecule has 2 aromatic rings. The topological polar surface area (TPSA) is 30.9 Å². The third kappa shape index (κ3) is 3.21. The van der Waals surface area contributed by atoms with E-state index in [0.717, 1.165) is 13.0 Å². The Morgan fingerprint density at radius 3 is 2.53 bits per heavy atom. The molecule has 0 radical (unpaired) electrons. The normalized spacial score (nSPS) is 12.6. The molecular formula is C15H20N2. The molecule has 0 spiro atoms. The van der Waals surface area contributed by atoms with Crippen molar-refractivity contribution < 1.29 is 0 Å². The van der Waals surface area contributed by atoms with E-state index in [0.29, 0.717) is 0 Å². The van der Waals surface area contributed by atoms with Crippen molar-refractivity contribution in [2.24, 2.45) is 5.73 Å². The molecule has 1 aromatic heterocycles. The van der Waals surface area contributed by atoms with Crippen molar-refractivity contribution in [3.05, 3.63) is 59.4 Å². The summed E-state index contributed by atoms with van der Waals surface area (Å²) in [5, 5.41) is 0. The van der Waals surface area contributed by atoms with E-state index in [2.05, 4.69) is 54.1 Å². The Morgan fingerprint density at radius 2 is 1.88 bits per heavy atom. The van der Waals surface area contributed by atoms with Crippen molar-refractivity contribution in [1.29, 1.82) is 0 Å². The Hall–Kier alpha value is -1.54. The van der Waals surface area contributed by atoms with Gasteiger partial charge in [-0.05, 0) is 31.5 Å². The van der Waals surface area contributed by atoms with Gasteiger partial charge in [0.15, 0.2) is 0 Å². The summed E-state index contributed by atoms with van der Waals surface area (Å²) < 4.78 is 2.27. The van der Waals surface area contributed by atoms with Crippen LogP contribution in [-0.4, -0.2) is 10.6 Å². The van der Waals surface area contributed by atoms with Crippen LogP contribution in [0.1, 0.15) is 23.7 Å². The van der Waals surface area contributed by atoms with E-state index in [1.54, 1.807) is 0 Å². The molecule has 0 aliphatic heterocycles. The summed E-state index contributed by atoms with van der Waals surface area (Å²) in [5.74, 6) is 0. The maximum atomic E-state index is 5.85. The number of nitrogens with zero attached hydrogens (tertiary/aromatic N) is 1. The zero-order valence-electron chi connectivity index (χ0n) is 10.6. The second-order valence-corrected chi connectivity index (χ2v) is 4.79. The molecule has 2 heteroatoms. The lowest BCUT2D eigenvalue weighted by Gasteiger charge is -2.11. The summed E-state index contributed by atoms with van der Waals surface area (Å²) >= 11 is 0. The molecule has 2 N–H and O–H groups in total. The van der Waals surface area contributed by atoms with Gasteiger partial charge in [-0.25, -0.2) is 0 Å². The molecule has 0 saturated heterocycles. The zero-order valence-corrected chi connectivity index (χ0v) is 10.6. The van der Waals surface area contributed by atoms with E-state index in [9.17, 15) is 0 Å². The second-order valence-electron chi connectivity index (χ2n) is 4.79. The summed E-state index contributed by atoms with van der Waals surface area (Å²) in [5.41, 5.74) is 9.79. The maximum Gasteiger partial charge on any atom is 0.0472 e. The van der Waals surface area contributed by atoms with Crippen molar-refractivity contribution in [3.8, 4) is 0 Å². The molecule has 17 heavy (non-hydrogen) atoms. The van der Waals surface area contributed by atoms with Crippen LogP contribution in [0.5, 0.6) is 0 Å². The van der Waals surface area contributed by atoms with Gasteiger partial charge in [0.1, 0.15) is 0 Å². The molecule has 0 aliphatic rings. The second kappa shape index (κ2) is 5.19. The average molecular weight is 228 g/mol. The van der Waals surface area contributed by atoms with E-state index >= 15 is 0 Å². The van der Waals surface area contributed by atoms with Gasteiger partial charge < -0.3 is 10.3 Å². The number of nitrogens with two attached hydrogens (primary N) is 1. The number of aromatic nitrogens is 1. The summed E-state index contributed by atoms with van der Waals surface area (Å²) in [6.07, 6.45) is 3.05. The predicted molar refractivity (Wildman–Crippen MR) is 72.1 cm³/mol. The van der Waals surface area contributed by atoms with Crippen LogP contribution in [0.4, 0.5) is 0 Å². The molecule has 0 fully saturated rings. The lowest BCUT2D eigenvalue weighted by molar-refractivity contribution is 0.666. The Morgan fingerprint density at radius 1 is 1.18 bits per heavy atom. The Kier molecular flexibility index (Phi) is 3.64. The first-order valence-electron chi connectivity index (χ1n) is 6.10. The van der Waals surface area contributed by atoms with Gasteiger partial charge in [-0.15, -0.1) is 0 Å². The van der Waals surface area contributed by atoms with Gasteiger partial charge in [0.05, 0.1) is 0 Å². The number of benzene rings is 1. The van der Waals surface area contributed by atoms with Crippen molar-refractivity contribution >= 4 is 0 Å². The Bertz CT molecular complexity index is 466. The lowest BCUT2D eigenvalue weighted by atomic mass is 10.1. The first-order valence-corrected chi connectivity index (χ1v) is 6.10.